The smallest absolute Gasteiger partial charge is 0.138 e. The van der Waals surface area contributed by atoms with Crippen molar-refractivity contribution in [2.24, 2.45) is 0 Å². The molecule has 0 bridgehead atoms. The molecule has 0 amide bonds. The van der Waals surface area contributed by atoms with Gasteiger partial charge in [0.2, 0.25) is 0 Å². The summed E-state index contributed by atoms with van der Waals surface area (Å²) in [4.78, 5) is 0. The minimum Gasteiger partial charge on any atom is -0.492 e. The molecule has 1 heterocycles. The summed E-state index contributed by atoms with van der Waals surface area (Å²) >= 11 is 0. The van der Waals surface area contributed by atoms with Crippen LogP contribution in [-0.2, 0) is 6.42 Å². The van der Waals surface area contributed by atoms with E-state index in [4.69, 9.17) is 10.5 Å². The highest BCUT2D eigenvalue weighted by Gasteiger charge is 2.12. The highest BCUT2D eigenvalue weighted by atomic mass is 16.5. The van der Waals surface area contributed by atoms with Crippen LogP contribution in [0.3, 0.4) is 0 Å². The third kappa shape index (κ3) is 2.56. The summed E-state index contributed by atoms with van der Waals surface area (Å²) in [6.07, 6.45) is 2.15. The van der Waals surface area contributed by atoms with Gasteiger partial charge in [-0.1, -0.05) is 30.0 Å². The van der Waals surface area contributed by atoms with Gasteiger partial charge in [0.25, 0.3) is 0 Å². The van der Waals surface area contributed by atoms with Crippen molar-refractivity contribution in [1.29, 1.82) is 0 Å². The lowest BCUT2D eigenvalue weighted by molar-refractivity contribution is 0.287. The van der Waals surface area contributed by atoms with Crippen LogP contribution in [0.5, 0.6) is 5.75 Å². The monoisotopic (exact) mass is 249 g/mol. The second-order valence-electron chi connectivity index (χ2n) is 4.62. The molecule has 0 aromatic heterocycles. The van der Waals surface area contributed by atoms with Gasteiger partial charge in [-0.25, -0.2) is 0 Å². The molecule has 0 saturated carbocycles. The van der Waals surface area contributed by atoms with E-state index in [1.807, 2.05) is 36.4 Å². The number of rotatable bonds is 0. The van der Waals surface area contributed by atoms with Gasteiger partial charge in [0.15, 0.2) is 0 Å². The number of anilines is 1. The number of fused-ring (bicyclic) bond motifs is 1. The Morgan fingerprint density at radius 1 is 1.05 bits per heavy atom. The normalized spacial score (nSPS) is 12.8. The molecule has 0 fully saturated rings. The summed E-state index contributed by atoms with van der Waals surface area (Å²) in [6, 6.07) is 13.8. The van der Waals surface area contributed by atoms with Gasteiger partial charge in [0.1, 0.15) is 5.75 Å². The third-order valence-electron chi connectivity index (χ3n) is 3.16. The first kappa shape index (κ1) is 11.7. The zero-order valence-corrected chi connectivity index (χ0v) is 10.6. The first-order chi connectivity index (χ1) is 9.33. The first-order valence-electron chi connectivity index (χ1n) is 6.45. The zero-order chi connectivity index (χ0) is 13.1. The lowest BCUT2D eigenvalue weighted by Gasteiger charge is -2.18. The molecule has 2 aromatic rings. The highest BCUT2D eigenvalue weighted by Crippen LogP contribution is 2.28. The molecule has 2 nitrogen and oxygen atoms in total. The van der Waals surface area contributed by atoms with Crippen molar-refractivity contribution in [3.05, 3.63) is 59.2 Å². The maximum atomic E-state index is 5.75. The fraction of sp³-hybridized carbons (Fsp3) is 0.176. The number of hydrogen-bond acceptors (Lipinski definition) is 2. The largest absolute Gasteiger partial charge is 0.492 e. The Morgan fingerprint density at radius 2 is 1.95 bits per heavy atom. The molecule has 0 radical (unpaired) electrons. The van der Waals surface area contributed by atoms with Gasteiger partial charge >= 0.3 is 0 Å². The predicted octanol–water partition coefficient (Wildman–Crippen LogP) is 2.99. The quantitative estimate of drug-likeness (QED) is 0.575. The van der Waals surface area contributed by atoms with Crippen molar-refractivity contribution in [2.45, 2.75) is 12.8 Å². The van der Waals surface area contributed by atoms with Crippen LogP contribution < -0.4 is 10.5 Å². The molecule has 19 heavy (non-hydrogen) atoms. The van der Waals surface area contributed by atoms with Gasteiger partial charge in [-0.05, 0) is 42.7 Å². The summed E-state index contributed by atoms with van der Waals surface area (Å²) in [7, 11) is 0. The van der Waals surface area contributed by atoms with E-state index in [9.17, 15) is 0 Å². The number of para-hydroxylation sites is 1. The molecule has 0 unspecified atom stereocenters. The topological polar surface area (TPSA) is 35.2 Å². The van der Waals surface area contributed by atoms with Crippen LogP contribution in [0.4, 0.5) is 5.69 Å². The molecule has 2 heteroatoms. The fourth-order valence-corrected chi connectivity index (χ4v) is 2.24. The molecule has 0 saturated heterocycles. The van der Waals surface area contributed by atoms with Crippen molar-refractivity contribution in [3.8, 4) is 17.6 Å². The maximum absolute atomic E-state index is 5.75. The average Bonchev–Trinajstić information content (AvgIpc) is 2.45. The van der Waals surface area contributed by atoms with E-state index in [2.05, 4.69) is 17.9 Å². The molecule has 2 aromatic carbocycles. The molecule has 2 N–H and O–H groups in total. The average molecular weight is 249 g/mol. The molecule has 1 aliphatic rings. The van der Waals surface area contributed by atoms with Gasteiger partial charge < -0.3 is 10.5 Å². The maximum Gasteiger partial charge on any atom is 0.138 e. The molecule has 0 aliphatic carbocycles. The standard InChI is InChI=1S/C17H15NO/c18-16-8-1-4-13(12-16)9-10-15-6-2-5-14-7-3-11-19-17(14)15/h1-2,4-6,8,12H,3,7,11,18H2. The summed E-state index contributed by atoms with van der Waals surface area (Å²) in [5.74, 6) is 7.28. The Balaban J connectivity index is 1.96. The van der Waals surface area contributed by atoms with E-state index < -0.39 is 0 Å². The lowest BCUT2D eigenvalue weighted by Crippen LogP contribution is -2.09. The second kappa shape index (κ2) is 5.07. The number of benzene rings is 2. The Hall–Kier alpha value is -2.40. The Bertz CT molecular complexity index is 664. The van der Waals surface area contributed by atoms with Crippen LogP contribution in [0.1, 0.15) is 23.1 Å². The van der Waals surface area contributed by atoms with E-state index in [1.165, 1.54) is 5.56 Å². The third-order valence-corrected chi connectivity index (χ3v) is 3.16. The molecule has 94 valence electrons. The zero-order valence-electron chi connectivity index (χ0n) is 10.6. The molecule has 3 rings (SSSR count). The van der Waals surface area contributed by atoms with E-state index in [0.717, 1.165) is 42.0 Å². The van der Waals surface area contributed by atoms with Crippen molar-refractivity contribution in [3.63, 3.8) is 0 Å². The first-order valence-corrected chi connectivity index (χ1v) is 6.45. The van der Waals surface area contributed by atoms with Crippen molar-refractivity contribution in [2.75, 3.05) is 12.3 Å². The van der Waals surface area contributed by atoms with Crippen LogP contribution in [-0.4, -0.2) is 6.61 Å². The number of nitrogen functional groups attached to an aromatic ring is 1. The van der Waals surface area contributed by atoms with Crippen LogP contribution in [0.15, 0.2) is 42.5 Å². The Labute approximate surface area is 113 Å². The summed E-state index contributed by atoms with van der Waals surface area (Å²) in [5.41, 5.74) is 9.62. The molecular formula is C17H15NO. The van der Waals surface area contributed by atoms with Gasteiger partial charge in [0, 0.05) is 11.3 Å². The highest BCUT2D eigenvalue weighted by molar-refractivity contribution is 5.55. The van der Waals surface area contributed by atoms with Crippen molar-refractivity contribution >= 4 is 5.69 Å². The fourth-order valence-electron chi connectivity index (χ4n) is 2.24. The van der Waals surface area contributed by atoms with Crippen LogP contribution >= 0.6 is 0 Å². The summed E-state index contributed by atoms with van der Waals surface area (Å²) < 4.78 is 5.74. The van der Waals surface area contributed by atoms with E-state index in [1.54, 1.807) is 0 Å². The predicted molar refractivity (Wildman–Crippen MR) is 77.1 cm³/mol. The van der Waals surface area contributed by atoms with Gasteiger partial charge in [-0.15, -0.1) is 0 Å². The lowest BCUT2D eigenvalue weighted by atomic mass is 10.0. The van der Waals surface area contributed by atoms with Gasteiger partial charge in [-0.2, -0.15) is 0 Å². The summed E-state index contributed by atoms with van der Waals surface area (Å²) in [6.45, 7) is 0.782. The molecule has 0 atom stereocenters. The minimum absolute atomic E-state index is 0.734. The van der Waals surface area contributed by atoms with Crippen LogP contribution in [0.25, 0.3) is 0 Å². The number of aryl methyl sites for hydroxylation is 1. The van der Waals surface area contributed by atoms with Gasteiger partial charge in [-0.3, -0.25) is 0 Å². The van der Waals surface area contributed by atoms with Crippen LogP contribution in [0.2, 0.25) is 0 Å². The summed E-state index contributed by atoms with van der Waals surface area (Å²) in [5, 5.41) is 0. The minimum atomic E-state index is 0.734. The van der Waals surface area contributed by atoms with E-state index in [-0.39, 0.29) is 0 Å². The van der Waals surface area contributed by atoms with Crippen LogP contribution in [0, 0.1) is 11.8 Å². The Kier molecular flexibility index (Phi) is 3.12. The van der Waals surface area contributed by atoms with Crippen molar-refractivity contribution < 1.29 is 4.74 Å². The second-order valence-corrected chi connectivity index (χ2v) is 4.62. The van der Waals surface area contributed by atoms with E-state index >= 15 is 0 Å². The molecule has 1 aliphatic heterocycles. The molecular weight excluding hydrogens is 234 g/mol. The van der Waals surface area contributed by atoms with E-state index in [0.29, 0.717) is 0 Å². The number of nitrogens with two attached hydrogens (primary N) is 1. The number of hydrogen-bond donors (Lipinski definition) is 1. The number of ether oxygens (including phenoxy) is 1. The SMILES string of the molecule is Nc1cccc(C#Cc2cccc3c2OCCC3)c1. The van der Waals surface area contributed by atoms with Crippen molar-refractivity contribution in [1.82, 2.24) is 0 Å². The van der Waals surface area contributed by atoms with Gasteiger partial charge in [0.05, 0.1) is 12.2 Å². The Morgan fingerprint density at radius 3 is 2.84 bits per heavy atom. The molecule has 0 spiro atoms.